The molecule has 5 rings (SSSR count). The largest absolute Gasteiger partial charge is 0.454 e. The Labute approximate surface area is 183 Å². The fraction of sp³-hybridized carbons (Fsp3) is 0.0952. The van der Waals surface area contributed by atoms with Gasteiger partial charge < -0.3 is 19.4 Å². The molecule has 4 aromatic rings. The first-order chi connectivity index (χ1) is 15.0. The van der Waals surface area contributed by atoms with Crippen molar-refractivity contribution in [1.29, 1.82) is 0 Å². The molecule has 8 nitrogen and oxygen atoms in total. The molecule has 156 valence electrons. The molecule has 0 aliphatic carbocycles. The number of rotatable bonds is 4. The highest BCUT2D eigenvalue weighted by atomic mass is 79.9. The Kier molecular flexibility index (Phi) is 4.70. The maximum Gasteiger partial charge on any atom is 0.277 e. The second-order valence-electron chi connectivity index (χ2n) is 6.83. The third-order valence-corrected chi connectivity index (χ3v) is 5.28. The molecule has 0 bridgehead atoms. The zero-order valence-electron chi connectivity index (χ0n) is 15.8. The van der Waals surface area contributed by atoms with E-state index in [-0.39, 0.29) is 19.0 Å². The van der Waals surface area contributed by atoms with Gasteiger partial charge in [-0.1, -0.05) is 15.9 Å². The van der Waals surface area contributed by atoms with Crippen LogP contribution in [0, 0.1) is 5.82 Å². The van der Waals surface area contributed by atoms with Crippen molar-refractivity contribution in [3.8, 4) is 22.8 Å². The van der Waals surface area contributed by atoms with Crippen LogP contribution in [0.25, 0.3) is 16.8 Å². The summed E-state index contributed by atoms with van der Waals surface area (Å²) in [5.41, 5.74) is 1.29. The van der Waals surface area contributed by atoms with Crippen LogP contribution in [-0.2, 0) is 11.3 Å². The number of ether oxygens (including phenoxy) is 2. The third kappa shape index (κ3) is 3.66. The van der Waals surface area contributed by atoms with E-state index in [2.05, 4.69) is 26.3 Å². The van der Waals surface area contributed by atoms with Gasteiger partial charge >= 0.3 is 0 Å². The SMILES string of the molecule is O=C(Cn1ccn2nc(-c3ccc4c(c3)OCO4)cc2c1=O)Nc1ccc(Br)cc1F. The third-order valence-electron chi connectivity index (χ3n) is 4.79. The van der Waals surface area contributed by atoms with Crippen molar-refractivity contribution in [3.05, 3.63) is 75.5 Å². The van der Waals surface area contributed by atoms with Crippen molar-refractivity contribution < 1.29 is 18.7 Å². The molecule has 1 aliphatic rings. The summed E-state index contributed by atoms with van der Waals surface area (Å²) >= 11 is 3.16. The van der Waals surface area contributed by atoms with Gasteiger partial charge in [0, 0.05) is 22.4 Å². The van der Waals surface area contributed by atoms with Gasteiger partial charge in [0.05, 0.1) is 11.4 Å². The number of amides is 1. The summed E-state index contributed by atoms with van der Waals surface area (Å²) in [6, 6.07) is 11.3. The maximum atomic E-state index is 13.9. The number of aromatic nitrogens is 3. The van der Waals surface area contributed by atoms with Gasteiger partial charge in [0.2, 0.25) is 12.7 Å². The zero-order chi connectivity index (χ0) is 21.5. The molecular weight excluding hydrogens is 471 g/mol. The van der Waals surface area contributed by atoms with E-state index < -0.39 is 17.3 Å². The molecule has 10 heteroatoms. The summed E-state index contributed by atoms with van der Waals surface area (Å²) in [5, 5.41) is 6.90. The fourth-order valence-electron chi connectivity index (χ4n) is 3.28. The quantitative estimate of drug-likeness (QED) is 0.479. The lowest BCUT2D eigenvalue weighted by Crippen LogP contribution is -2.28. The van der Waals surface area contributed by atoms with E-state index >= 15 is 0 Å². The van der Waals surface area contributed by atoms with Crippen LogP contribution in [0.1, 0.15) is 0 Å². The lowest BCUT2D eigenvalue weighted by molar-refractivity contribution is -0.116. The average Bonchev–Trinajstić information content (AvgIpc) is 3.39. The molecule has 0 spiro atoms. The minimum absolute atomic E-state index is 0.0387. The molecule has 2 aromatic heterocycles. The van der Waals surface area contributed by atoms with Crippen LogP contribution in [0.5, 0.6) is 11.5 Å². The molecule has 0 radical (unpaired) electrons. The van der Waals surface area contributed by atoms with E-state index in [1.165, 1.54) is 27.4 Å². The number of hydrogen-bond donors (Lipinski definition) is 1. The van der Waals surface area contributed by atoms with Crippen LogP contribution >= 0.6 is 15.9 Å². The molecule has 31 heavy (non-hydrogen) atoms. The Balaban J connectivity index is 1.41. The number of halogens is 2. The minimum Gasteiger partial charge on any atom is -0.454 e. The molecule has 1 N–H and O–H groups in total. The standard InChI is InChI=1S/C21H14BrFN4O4/c22-13-2-3-15(14(23)8-13)24-20(28)10-26-5-6-27-17(21(26)29)9-16(25-27)12-1-4-18-19(7-12)31-11-30-18/h1-9H,10-11H2,(H,24,28). The molecule has 1 aliphatic heterocycles. The van der Waals surface area contributed by atoms with Gasteiger partial charge in [-0.3, -0.25) is 9.59 Å². The number of carbonyl (C=O) groups is 1. The lowest BCUT2D eigenvalue weighted by atomic mass is 10.1. The summed E-state index contributed by atoms with van der Waals surface area (Å²) in [4.78, 5) is 25.2. The Bertz CT molecular complexity index is 1400. The van der Waals surface area contributed by atoms with Crippen molar-refractivity contribution in [3.63, 3.8) is 0 Å². The molecule has 0 saturated heterocycles. The maximum absolute atomic E-state index is 13.9. The van der Waals surface area contributed by atoms with Gasteiger partial charge in [-0.05, 0) is 42.5 Å². The summed E-state index contributed by atoms with van der Waals surface area (Å²) in [5.74, 6) is 0.171. The van der Waals surface area contributed by atoms with Crippen molar-refractivity contribution in [1.82, 2.24) is 14.2 Å². The first-order valence-corrected chi connectivity index (χ1v) is 10.0. The number of hydrogen-bond acceptors (Lipinski definition) is 5. The summed E-state index contributed by atoms with van der Waals surface area (Å²) in [6.07, 6.45) is 3.05. The van der Waals surface area contributed by atoms with E-state index in [0.717, 1.165) is 5.56 Å². The molecule has 2 aromatic carbocycles. The fourth-order valence-corrected chi connectivity index (χ4v) is 3.62. The molecule has 1 amide bonds. The van der Waals surface area contributed by atoms with Crippen LogP contribution in [0.3, 0.4) is 0 Å². The lowest BCUT2D eigenvalue weighted by Gasteiger charge is -2.08. The van der Waals surface area contributed by atoms with Crippen molar-refractivity contribution in [2.45, 2.75) is 6.54 Å². The van der Waals surface area contributed by atoms with Gasteiger partial charge in [0.15, 0.2) is 11.5 Å². The van der Waals surface area contributed by atoms with Crippen molar-refractivity contribution in [2.75, 3.05) is 12.1 Å². The highest BCUT2D eigenvalue weighted by Crippen LogP contribution is 2.35. The molecule has 0 fully saturated rings. The first-order valence-electron chi connectivity index (χ1n) is 9.22. The smallest absolute Gasteiger partial charge is 0.277 e. The second-order valence-corrected chi connectivity index (χ2v) is 7.75. The summed E-state index contributed by atoms with van der Waals surface area (Å²) < 4.78 is 27.9. The Hall–Kier alpha value is -3.66. The normalized spacial score (nSPS) is 12.3. The molecular formula is C21H14BrFN4O4. The van der Waals surface area contributed by atoms with E-state index in [1.54, 1.807) is 30.5 Å². The average molecular weight is 485 g/mol. The number of carbonyl (C=O) groups excluding carboxylic acids is 1. The number of fused-ring (bicyclic) bond motifs is 2. The predicted molar refractivity (Wildman–Crippen MR) is 114 cm³/mol. The predicted octanol–water partition coefficient (Wildman–Crippen LogP) is 3.43. The number of benzene rings is 2. The molecule has 0 unspecified atom stereocenters. The van der Waals surface area contributed by atoms with E-state index in [4.69, 9.17) is 9.47 Å². The number of nitrogens with one attached hydrogen (secondary N) is 1. The summed E-state index contributed by atoms with van der Waals surface area (Å²) in [6.45, 7) is -0.101. The van der Waals surface area contributed by atoms with Crippen molar-refractivity contribution in [2.24, 2.45) is 0 Å². The Morgan fingerprint density at radius 2 is 1.97 bits per heavy atom. The topological polar surface area (TPSA) is 86.9 Å². The molecule has 3 heterocycles. The van der Waals surface area contributed by atoms with Crippen molar-refractivity contribution >= 4 is 33.0 Å². The van der Waals surface area contributed by atoms with E-state index in [1.807, 2.05) is 6.07 Å². The van der Waals surface area contributed by atoms with Gasteiger partial charge in [-0.2, -0.15) is 5.10 Å². The number of anilines is 1. The minimum atomic E-state index is -0.574. The summed E-state index contributed by atoms with van der Waals surface area (Å²) in [7, 11) is 0. The van der Waals surface area contributed by atoms with Crippen LogP contribution in [0.15, 0.2) is 64.1 Å². The van der Waals surface area contributed by atoms with E-state index in [0.29, 0.717) is 27.2 Å². The van der Waals surface area contributed by atoms with Gasteiger partial charge in [0.25, 0.3) is 5.56 Å². The first kappa shape index (κ1) is 19.3. The Morgan fingerprint density at radius 1 is 1.13 bits per heavy atom. The Morgan fingerprint density at radius 3 is 2.81 bits per heavy atom. The van der Waals surface area contributed by atoms with Gasteiger partial charge in [-0.25, -0.2) is 8.91 Å². The molecule has 0 saturated carbocycles. The monoisotopic (exact) mass is 484 g/mol. The number of nitrogens with zero attached hydrogens (tertiary/aromatic N) is 3. The molecule has 0 atom stereocenters. The highest BCUT2D eigenvalue weighted by molar-refractivity contribution is 9.10. The van der Waals surface area contributed by atoms with Crippen LogP contribution in [0.2, 0.25) is 0 Å². The van der Waals surface area contributed by atoms with Crippen LogP contribution in [-0.4, -0.2) is 26.9 Å². The second kappa shape index (κ2) is 7.55. The van der Waals surface area contributed by atoms with Crippen LogP contribution < -0.4 is 20.3 Å². The van der Waals surface area contributed by atoms with Gasteiger partial charge in [0.1, 0.15) is 17.9 Å². The zero-order valence-corrected chi connectivity index (χ0v) is 17.4. The highest BCUT2D eigenvalue weighted by Gasteiger charge is 2.17. The van der Waals surface area contributed by atoms with E-state index in [9.17, 15) is 14.0 Å². The van der Waals surface area contributed by atoms with Crippen LogP contribution in [0.4, 0.5) is 10.1 Å². The van der Waals surface area contributed by atoms with Gasteiger partial charge in [-0.15, -0.1) is 0 Å².